The number of aromatic nitrogens is 2. The Hall–Kier alpha value is -3.03. The molecule has 150 valence electrons. The summed E-state index contributed by atoms with van der Waals surface area (Å²) in [6.45, 7) is 4.82. The number of hydrogen-bond acceptors (Lipinski definition) is 7. The third kappa shape index (κ3) is 3.95. The van der Waals surface area contributed by atoms with Crippen molar-refractivity contribution in [2.24, 2.45) is 0 Å². The molecule has 0 radical (unpaired) electrons. The summed E-state index contributed by atoms with van der Waals surface area (Å²) in [5.41, 5.74) is 1.54. The van der Waals surface area contributed by atoms with Gasteiger partial charge in [-0.1, -0.05) is 6.92 Å². The van der Waals surface area contributed by atoms with E-state index >= 15 is 0 Å². The zero-order valence-electron chi connectivity index (χ0n) is 16.8. The van der Waals surface area contributed by atoms with Crippen molar-refractivity contribution in [3.8, 4) is 28.5 Å². The van der Waals surface area contributed by atoms with Crippen molar-refractivity contribution >= 4 is 11.7 Å². The number of carbonyl (C=O) groups is 1. The lowest BCUT2D eigenvalue weighted by molar-refractivity contribution is -0.131. The van der Waals surface area contributed by atoms with Crippen LogP contribution in [0.4, 0.5) is 5.82 Å². The number of carbonyl (C=O) groups excluding carboxylic acids is 1. The van der Waals surface area contributed by atoms with Crippen LogP contribution in [0.3, 0.4) is 0 Å². The van der Waals surface area contributed by atoms with Gasteiger partial charge in [0.15, 0.2) is 17.3 Å². The Morgan fingerprint density at radius 2 is 1.61 bits per heavy atom. The number of rotatable bonds is 6. The Kier molecular flexibility index (Phi) is 6.18. The Balaban J connectivity index is 1.77. The first kappa shape index (κ1) is 19.7. The van der Waals surface area contributed by atoms with Gasteiger partial charge in [0, 0.05) is 38.2 Å². The summed E-state index contributed by atoms with van der Waals surface area (Å²) in [5, 5.41) is 8.76. The van der Waals surface area contributed by atoms with E-state index in [0.29, 0.717) is 42.5 Å². The first-order chi connectivity index (χ1) is 13.6. The second-order valence-corrected chi connectivity index (χ2v) is 6.41. The fraction of sp³-hybridized carbons (Fsp3) is 0.450. The van der Waals surface area contributed by atoms with Gasteiger partial charge in [-0.05, 0) is 24.3 Å². The summed E-state index contributed by atoms with van der Waals surface area (Å²) < 4.78 is 16.2. The maximum Gasteiger partial charge on any atom is 0.222 e. The summed E-state index contributed by atoms with van der Waals surface area (Å²) in [4.78, 5) is 15.9. The van der Waals surface area contributed by atoms with Crippen LogP contribution in [0.5, 0.6) is 17.2 Å². The van der Waals surface area contributed by atoms with Gasteiger partial charge in [0.25, 0.3) is 0 Å². The fourth-order valence-corrected chi connectivity index (χ4v) is 3.29. The fourth-order valence-electron chi connectivity index (χ4n) is 3.29. The second-order valence-electron chi connectivity index (χ2n) is 6.41. The van der Waals surface area contributed by atoms with Gasteiger partial charge in [0.1, 0.15) is 0 Å². The van der Waals surface area contributed by atoms with E-state index in [4.69, 9.17) is 14.2 Å². The minimum absolute atomic E-state index is 0.198. The van der Waals surface area contributed by atoms with Crippen LogP contribution in [0.25, 0.3) is 11.3 Å². The highest BCUT2D eigenvalue weighted by Crippen LogP contribution is 2.40. The smallest absolute Gasteiger partial charge is 0.222 e. The molecule has 8 heteroatoms. The first-order valence-corrected chi connectivity index (χ1v) is 9.28. The number of anilines is 1. The van der Waals surface area contributed by atoms with E-state index in [9.17, 15) is 4.79 Å². The van der Waals surface area contributed by atoms with Crippen molar-refractivity contribution in [3.05, 3.63) is 24.3 Å². The van der Waals surface area contributed by atoms with Crippen molar-refractivity contribution in [2.75, 3.05) is 52.4 Å². The number of ether oxygens (including phenoxy) is 3. The van der Waals surface area contributed by atoms with Crippen LogP contribution < -0.4 is 19.1 Å². The van der Waals surface area contributed by atoms with E-state index in [1.54, 1.807) is 21.3 Å². The monoisotopic (exact) mass is 386 g/mol. The van der Waals surface area contributed by atoms with Crippen LogP contribution in [0.15, 0.2) is 24.3 Å². The highest BCUT2D eigenvalue weighted by atomic mass is 16.5. The van der Waals surface area contributed by atoms with Gasteiger partial charge in [0.2, 0.25) is 11.7 Å². The number of benzene rings is 1. The molecule has 1 aliphatic rings. The average molecular weight is 386 g/mol. The van der Waals surface area contributed by atoms with Gasteiger partial charge in [-0.2, -0.15) is 0 Å². The van der Waals surface area contributed by atoms with E-state index in [2.05, 4.69) is 15.1 Å². The Bertz CT molecular complexity index is 792. The van der Waals surface area contributed by atoms with Gasteiger partial charge >= 0.3 is 0 Å². The van der Waals surface area contributed by atoms with Crippen LogP contribution in [-0.4, -0.2) is 68.5 Å². The highest BCUT2D eigenvalue weighted by Gasteiger charge is 2.21. The summed E-state index contributed by atoms with van der Waals surface area (Å²) in [5.74, 6) is 2.68. The van der Waals surface area contributed by atoms with Crippen molar-refractivity contribution in [2.45, 2.75) is 13.3 Å². The molecule has 1 saturated heterocycles. The normalized spacial score (nSPS) is 14.0. The SMILES string of the molecule is CCC(=O)N1CCN(c2ccc(-c3cc(OC)c(OC)c(OC)c3)nn2)CC1. The molecular formula is C20H26N4O4. The number of piperazine rings is 1. The molecule has 0 unspecified atom stereocenters. The zero-order chi connectivity index (χ0) is 20.1. The van der Waals surface area contributed by atoms with Crippen molar-refractivity contribution in [3.63, 3.8) is 0 Å². The summed E-state index contributed by atoms with van der Waals surface area (Å²) in [7, 11) is 4.74. The van der Waals surface area contributed by atoms with Crippen LogP contribution in [-0.2, 0) is 4.79 Å². The molecule has 1 amide bonds. The van der Waals surface area contributed by atoms with Crippen molar-refractivity contribution < 1.29 is 19.0 Å². The molecule has 2 heterocycles. The van der Waals surface area contributed by atoms with Crippen LogP contribution in [0.1, 0.15) is 13.3 Å². The molecule has 1 fully saturated rings. The quantitative estimate of drug-likeness (QED) is 0.753. The molecule has 0 atom stereocenters. The molecule has 28 heavy (non-hydrogen) atoms. The third-order valence-corrected chi connectivity index (χ3v) is 4.87. The van der Waals surface area contributed by atoms with Crippen molar-refractivity contribution in [1.29, 1.82) is 0 Å². The molecule has 8 nitrogen and oxygen atoms in total. The molecule has 0 bridgehead atoms. The average Bonchev–Trinajstić information content (AvgIpc) is 2.77. The summed E-state index contributed by atoms with van der Waals surface area (Å²) >= 11 is 0. The Morgan fingerprint density at radius 1 is 0.964 bits per heavy atom. The Morgan fingerprint density at radius 3 is 2.07 bits per heavy atom. The molecule has 0 aliphatic carbocycles. The predicted octanol–water partition coefficient (Wildman–Crippen LogP) is 2.23. The first-order valence-electron chi connectivity index (χ1n) is 9.28. The van der Waals surface area contributed by atoms with Gasteiger partial charge in [-0.15, -0.1) is 10.2 Å². The maximum atomic E-state index is 11.8. The predicted molar refractivity (Wildman–Crippen MR) is 106 cm³/mol. The molecular weight excluding hydrogens is 360 g/mol. The molecule has 3 rings (SSSR count). The molecule has 0 spiro atoms. The lowest BCUT2D eigenvalue weighted by Gasteiger charge is -2.35. The second kappa shape index (κ2) is 8.77. The molecule has 1 aromatic heterocycles. The summed E-state index contributed by atoms with van der Waals surface area (Å²) in [6.07, 6.45) is 0.545. The number of nitrogens with zero attached hydrogens (tertiary/aromatic N) is 4. The largest absolute Gasteiger partial charge is 0.493 e. The minimum Gasteiger partial charge on any atom is -0.493 e. The molecule has 0 N–H and O–H groups in total. The van der Waals surface area contributed by atoms with E-state index in [-0.39, 0.29) is 5.91 Å². The minimum atomic E-state index is 0.198. The van der Waals surface area contributed by atoms with Crippen LogP contribution in [0.2, 0.25) is 0 Å². The van der Waals surface area contributed by atoms with Crippen LogP contribution in [0, 0.1) is 0 Å². The number of methoxy groups -OCH3 is 3. The van der Waals surface area contributed by atoms with E-state index in [0.717, 1.165) is 24.5 Å². The van der Waals surface area contributed by atoms with Gasteiger partial charge in [-0.3, -0.25) is 4.79 Å². The summed E-state index contributed by atoms with van der Waals surface area (Å²) in [6, 6.07) is 7.57. The van der Waals surface area contributed by atoms with Gasteiger partial charge < -0.3 is 24.0 Å². The van der Waals surface area contributed by atoms with E-state index in [1.165, 1.54) is 0 Å². The van der Waals surface area contributed by atoms with Gasteiger partial charge in [-0.25, -0.2) is 0 Å². The lowest BCUT2D eigenvalue weighted by Crippen LogP contribution is -2.48. The molecule has 0 saturated carbocycles. The number of hydrogen-bond donors (Lipinski definition) is 0. The standard InChI is InChI=1S/C20H26N4O4/c1-5-19(25)24-10-8-23(9-11-24)18-7-6-15(21-22-18)14-12-16(26-2)20(28-4)17(13-14)27-3/h6-7,12-13H,5,8-11H2,1-4H3. The highest BCUT2D eigenvalue weighted by molar-refractivity contribution is 5.76. The molecule has 2 aromatic rings. The zero-order valence-corrected chi connectivity index (χ0v) is 16.8. The topological polar surface area (TPSA) is 77.0 Å². The molecule has 1 aromatic carbocycles. The third-order valence-electron chi connectivity index (χ3n) is 4.87. The van der Waals surface area contributed by atoms with E-state index in [1.807, 2.05) is 36.1 Å². The number of amides is 1. The lowest BCUT2D eigenvalue weighted by atomic mass is 10.1. The van der Waals surface area contributed by atoms with Gasteiger partial charge in [0.05, 0.1) is 27.0 Å². The van der Waals surface area contributed by atoms with E-state index < -0.39 is 0 Å². The van der Waals surface area contributed by atoms with Crippen LogP contribution >= 0.6 is 0 Å². The maximum absolute atomic E-state index is 11.8. The molecule has 1 aliphatic heterocycles. The van der Waals surface area contributed by atoms with Crippen molar-refractivity contribution in [1.82, 2.24) is 15.1 Å². The Labute approximate surface area is 165 Å².